The number of carbonyl (C=O) groups excluding carboxylic acids is 1. The van der Waals surface area contributed by atoms with Crippen LogP contribution in [0.5, 0.6) is 0 Å². The SMILES string of the molecule is CC(=O)O.CC(C)=O.CCN(CC)CC. The molecule has 4 heteroatoms. The smallest absolute Gasteiger partial charge is 0.300 e. The highest BCUT2D eigenvalue weighted by Crippen LogP contribution is 1.81. The van der Waals surface area contributed by atoms with Crippen LogP contribution in [0.15, 0.2) is 0 Å². The van der Waals surface area contributed by atoms with Crippen molar-refractivity contribution >= 4 is 11.8 Å². The van der Waals surface area contributed by atoms with Crippen LogP contribution in [0.4, 0.5) is 0 Å². The van der Waals surface area contributed by atoms with Crippen LogP contribution in [0.2, 0.25) is 0 Å². The van der Waals surface area contributed by atoms with Crippen LogP contribution >= 0.6 is 0 Å². The lowest BCUT2D eigenvalue weighted by atomic mass is 10.5. The summed E-state index contributed by atoms with van der Waals surface area (Å²) >= 11 is 0. The molecule has 0 heterocycles. The third-order valence-electron chi connectivity index (χ3n) is 1.34. The van der Waals surface area contributed by atoms with Crippen molar-refractivity contribution in [3.8, 4) is 0 Å². The van der Waals surface area contributed by atoms with Gasteiger partial charge < -0.3 is 14.8 Å². The summed E-state index contributed by atoms with van der Waals surface area (Å²) in [6.45, 7) is 14.3. The van der Waals surface area contributed by atoms with E-state index in [-0.39, 0.29) is 5.78 Å². The Morgan fingerprint density at radius 2 is 1.07 bits per heavy atom. The van der Waals surface area contributed by atoms with Gasteiger partial charge in [-0.25, -0.2) is 0 Å². The minimum absolute atomic E-state index is 0.167. The van der Waals surface area contributed by atoms with Crippen molar-refractivity contribution in [2.24, 2.45) is 0 Å². The number of carboxylic acid groups (broad SMARTS) is 1. The molecule has 0 aromatic heterocycles. The molecule has 4 nitrogen and oxygen atoms in total. The Morgan fingerprint density at radius 1 is 0.933 bits per heavy atom. The summed E-state index contributed by atoms with van der Waals surface area (Å²) in [5.74, 6) is -0.667. The molecule has 0 aromatic carbocycles. The normalized spacial score (nSPS) is 8.20. The number of carboxylic acids is 1. The summed E-state index contributed by atoms with van der Waals surface area (Å²) in [4.78, 5) is 20.8. The molecule has 0 rings (SSSR count). The van der Waals surface area contributed by atoms with Crippen LogP contribution in [-0.2, 0) is 9.59 Å². The second kappa shape index (κ2) is 15.6. The highest BCUT2D eigenvalue weighted by Gasteiger charge is 1.89. The first kappa shape index (κ1) is 19.6. The Bertz CT molecular complexity index is 128. The van der Waals surface area contributed by atoms with Crippen molar-refractivity contribution in [2.75, 3.05) is 19.6 Å². The summed E-state index contributed by atoms with van der Waals surface area (Å²) in [7, 11) is 0. The first-order chi connectivity index (χ1) is 6.81. The molecule has 0 amide bonds. The van der Waals surface area contributed by atoms with Gasteiger partial charge in [-0.15, -0.1) is 0 Å². The van der Waals surface area contributed by atoms with E-state index < -0.39 is 5.97 Å². The first-order valence-corrected chi connectivity index (χ1v) is 5.20. The minimum atomic E-state index is -0.833. The Labute approximate surface area is 93.3 Å². The van der Waals surface area contributed by atoms with Gasteiger partial charge in [0, 0.05) is 6.92 Å². The minimum Gasteiger partial charge on any atom is -0.481 e. The molecule has 0 fully saturated rings. The van der Waals surface area contributed by atoms with Crippen molar-refractivity contribution in [1.82, 2.24) is 4.90 Å². The summed E-state index contributed by atoms with van der Waals surface area (Å²) in [6, 6.07) is 0. The van der Waals surface area contributed by atoms with E-state index in [1.54, 1.807) is 0 Å². The predicted molar refractivity (Wildman–Crippen MR) is 63.1 cm³/mol. The van der Waals surface area contributed by atoms with Gasteiger partial charge in [0.15, 0.2) is 0 Å². The van der Waals surface area contributed by atoms with Gasteiger partial charge in [0.1, 0.15) is 5.78 Å². The maximum Gasteiger partial charge on any atom is 0.300 e. The molecular formula is C11H25NO3. The number of carbonyl (C=O) groups is 2. The van der Waals surface area contributed by atoms with Gasteiger partial charge >= 0.3 is 0 Å². The van der Waals surface area contributed by atoms with Gasteiger partial charge in [-0.2, -0.15) is 0 Å². The van der Waals surface area contributed by atoms with Gasteiger partial charge in [0.25, 0.3) is 5.97 Å². The molecule has 0 aliphatic heterocycles. The van der Waals surface area contributed by atoms with Crippen molar-refractivity contribution in [1.29, 1.82) is 0 Å². The monoisotopic (exact) mass is 219 g/mol. The van der Waals surface area contributed by atoms with Crippen molar-refractivity contribution in [3.05, 3.63) is 0 Å². The second-order valence-corrected chi connectivity index (χ2v) is 3.05. The molecule has 15 heavy (non-hydrogen) atoms. The average Bonchev–Trinajstić information content (AvgIpc) is 2.05. The topological polar surface area (TPSA) is 57.6 Å². The fraction of sp³-hybridized carbons (Fsp3) is 0.818. The van der Waals surface area contributed by atoms with E-state index in [1.165, 1.54) is 33.5 Å². The van der Waals surface area contributed by atoms with Crippen molar-refractivity contribution in [2.45, 2.75) is 41.5 Å². The Hall–Kier alpha value is -0.900. The van der Waals surface area contributed by atoms with Gasteiger partial charge in [0.05, 0.1) is 0 Å². The molecule has 0 aliphatic carbocycles. The van der Waals surface area contributed by atoms with Gasteiger partial charge in [-0.3, -0.25) is 4.79 Å². The van der Waals surface area contributed by atoms with E-state index >= 15 is 0 Å². The molecule has 0 spiro atoms. The fourth-order valence-corrected chi connectivity index (χ4v) is 0.671. The lowest BCUT2D eigenvalue weighted by Crippen LogP contribution is -2.21. The van der Waals surface area contributed by atoms with E-state index in [1.807, 2.05) is 0 Å². The maximum atomic E-state index is 9.44. The van der Waals surface area contributed by atoms with Gasteiger partial charge in [0.2, 0.25) is 0 Å². The summed E-state index contributed by atoms with van der Waals surface area (Å²) in [5, 5.41) is 7.42. The van der Waals surface area contributed by atoms with Crippen LogP contribution in [0.3, 0.4) is 0 Å². The molecule has 0 unspecified atom stereocenters. The first-order valence-electron chi connectivity index (χ1n) is 5.20. The number of hydrogen-bond acceptors (Lipinski definition) is 3. The van der Waals surface area contributed by atoms with E-state index in [9.17, 15) is 4.79 Å². The number of aliphatic carboxylic acids is 1. The van der Waals surface area contributed by atoms with E-state index in [2.05, 4.69) is 25.7 Å². The van der Waals surface area contributed by atoms with E-state index in [4.69, 9.17) is 9.90 Å². The zero-order valence-corrected chi connectivity index (χ0v) is 10.8. The van der Waals surface area contributed by atoms with Crippen LogP contribution in [0.1, 0.15) is 41.5 Å². The standard InChI is InChI=1S/C6H15N.C3H6O.C2H4O2/c1-4-7(5-2)6-3;1-3(2)4;1-2(3)4/h4-6H2,1-3H3;1-2H3;1H3,(H,3,4). The third-order valence-corrected chi connectivity index (χ3v) is 1.34. The molecule has 0 bridgehead atoms. The lowest BCUT2D eigenvalue weighted by molar-refractivity contribution is -0.134. The molecule has 0 atom stereocenters. The summed E-state index contributed by atoms with van der Waals surface area (Å²) in [6.07, 6.45) is 0. The quantitative estimate of drug-likeness (QED) is 0.789. The van der Waals surface area contributed by atoms with Crippen LogP contribution in [0, 0.1) is 0 Å². The van der Waals surface area contributed by atoms with Crippen LogP contribution in [0.25, 0.3) is 0 Å². The molecule has 0 radical (unpaired) electrons. The van der Waals surface area contributed by atoms with Crippen molar-refractivity contribution in [3.63, 3.8) is 0 Å². The molecule has 1 N–H and O–H groups in total. The van der Waals surface area contributed by atoms with Crippen LogP contribution in [-0.4, -0.2) is 41.4 Å². The van der Waals surface area contributed by atoms with Gasteiger partial charge in [-0.05, 0) is 33.5 Å². The molecular weight excluding hydrogens is 194 g/mol. The van der Waals surface area contributed by atoms with Gasteiger partial charge in [-0.1, -0.05) is 20.8 Å². The molecule has 0 aromatic rings. The molecule has 0 saturated carbocycles. The average molecular weight is 219 g/mol. The number of rotatable bonds is 3. The Kier molecular flexibility index (Phi) is 20.4. The summed E-state index contributed by atoms with van der Waals surface area (Å²) < 4.78 is 0. The highest BCUT2D eigenvalue weighted by molar-refractivity contribution is 5.72. The second-order valence-electron chi connectivity index (χ2n) is 3.05. The predicted octanol–water partition coefficient (Wildman–Crippen LogP) is 2.03. The Morgan fingerprint density at radius 3 is 1.07 bits per heavy atom. The van der Waals surface area contributed by atoms with Crippen LogP contribution < -0.4 is 0 Å². The third kappa shape index (κ3) is 62.1. The number of hydrogen-bond donors (Lipinski definition) is 1. The van der Waals surface area contributed by atoms with Crippen molar-refractivity contribution < 1.29 is 14.7 Å². The highest BCUT2D eigenvalue weighted by atomic mass is 16.4. The lowest BCUT2D eigenvalue weighted by Gasteiger charge is -2.13. The fourth-order valence-electron chi connectivity index (χ4n) is 0.671. The number of Topliss-reactive ketones (excluding diaryl/α,β-unsaturated/α-hetero) is 1. The number of ketones is 1. The summed E-state index contributed by atoms with van der Waals surface area (Å²) in [5.41, 5.74) is 0. The zero-order chi connectivity index (χ0) is 12.9. The Balaban J connectivity index is -0.000000155. The largest absolute Gasteiger partial charge is 0.481 e. The van der Waals surface area contributed by atoms with E-state index in [0.717, 1.165) is 6.92 Å². The number of nitrogens with zero attached hydrogens (tertiary/aromatic N) is 1. The molecule has 92 valence electrons. The van der Waals surface area contributed by atoms with E-state index in [0.29, 0.717) is 0 Å². The zero-order valence-electron chi connectivity index (χ0n) is 10.8. The molecule has 0 saturated heterocycles. The maximum absolute atomic E-state index is 9.44. The molecule has 0 aliphatic rings.